The van der Waals surface area contributed by atoms with Crippen LogP contribution >= 0.6 is 0 Å². The fourth-order valence-electron chi connectivity index (χ4n) is 2.10. The molecule has 0 amide bonds. The van der Waals surface area contributed by atoms with Gasteiger partial charge in [-0.05, 0) is 23.8 Å². The van der Waals surface area contributed by atoms with Crippen LogP contribution in [0.25, 0.3) is 0 Å². The Hall–Kier alpha value is -2.49. The van der Waals surface area contributed by atoms with Crippen LogP contribution in [0, 0.1) is 0 Å². The molecule has 1 unspecified atom stereocenters. The normalized spacial score (nSPS) is 11.7. The van der Waals surface area contributed by atoms with Crippen molar-refractivity contribution in [2.75, 3.05) is 14.2 Å². The number of aromatic hydroxyl groups is 1. The summed E-state index contributed by atoms with van der Waals surface area (Å²) in [7, 11) is 2.86. The van der Waals surface area contributed by atoms with Crippen molar-refractivity contribution in [3.63, 3.8) is 0 Å². The van der Waals surface area contributed by atoms with Gasteiger partial charge in [-0.3, -0.25) is 4.79 Å². The van der Waals surface area contributed by atoms with Crippen LogP contribution in [0.15, 0.2) is 48.5 Å². The Kier molecular flexibility index (Phi) is 4.25. The number of phenolic OH excluding ortho intramolecular Hbond substituents is 1. The monoisotopic (exact) mass is 272 g/mol. The van der Waals surface area contributed by atoms with E-state index in [2.05, 4.69) is 0 Å². The van der Waals surface area contributed by atoms with Crippen molar-refractivity contribution in [3.8, 4) is 11.5 Å². The first-order valence-electron chi connectivity index (χ1n) is 6.17. The molecule has 0 radical (unpaired) electrons. The van der Waals surface area contributed by atoms with E-state index in [1.54, 1.807) is 12.1 Å². The number of phenols is 1. The minimum absolute atomic E-state index is 0.0325. The maximum atomic E-state index is 12.1. The first kappa shape index (κ1) is 13.9. The molecule has 1 atom stereocenters. The number of carbonyl (C=O) groups is 1. The number of benzene rings is 2. The Morgan fingerprint density at radius 2 is 1.80 bits per heavy atom. The molecule has 0 spiro atoms. The van der Waals surface area contributed by atoms with E-state index < -0.39 is 11.9 Å². The van der Waals surface area contributed by atoms with Crippen molar-refractivity contribution in [1.82, 2.24) is 0 Å². The fourth-order valence-corrected chi connectivity index (χ4v) is 2.10. The highest BCUT2D eigenvalue weighted by Gasteiger charge is 2.26. The van der Waals surface area contributed by atoms with E-state index in [9.17, 15) is 9.90 Å². The molecule has 1 N–H and O–H groups in total. The molecule has 0 aliphatic carbocycles. The Labute approximate surface area is 117 Å². The zero-order valence-electron chi connectivity index (χ0n) is 11.4. The van der Waals surface area contributed by atoms with Crippen molar-refractivity contribution in [3.05, 3.63) is 59.7 Å². The summed E-state index contributed by atoms with van der Waals surface area (Å²) >= 11 is 0. The molecule has 0 aromatic heterocycles. The van der Waals surface area contributed by atoms with Gasteiger partial charge in [0.2, 0.25) is 0 Å². The second-order valence-electron chi connectivity index (χ2n) is 4.29. The van der Waals surface area contributed by atoms with Gasteiger partial charge in [0.05, 0.1) is 14.2 Å². The second-order valence-corrected chi connectivity index (χ2v) is 4.29. The molecule has 0 saturated heterocycles. The molecule has 0 fully saturated rings. The standard InChI is InChI=1S/C16H16O4/c1-19-12-8-9-14(17)13(10-12)15(16(18)20-2)11-6-4-3-5-7-11/h3-10,15,17H,1-2H3. The van der Waals surface area contributed by atoms with E-state index >= 15 is 0 Å². The lowest BCUT2D eigenvalue weighted by atomic mass is 9.90. The van der Waals surface area contributed by atoms with Crippen molar-refractivity contribution in [2.45, 2.75) is 5.92 Å². The Balaban J connectivity index is 2.55. The number of hydrogen-bond donors (Lipinski definition) is 1. The number of methoxy groups -OCH3 is 2. The van der Waals surface area contributed by atoms with Crippen molar-refractivity contribution in [2.24, 2.45) is 0 Å². The maximum Gasteiger partial charge on any atom is 0.317 e. The highest BCUT2D eigenvalue weighted by atomic mass is 16.5. The Morgan fingerprint density at radius 1 is 1.10 bits per heavy atom. The summed E-state index contributed by atoms with van der Waals surface area (Å²) in [5, 5.41) is 10.0. The van der Waals surface area contributed by atoms with Crippen molar-refractivity contribution >= 4 is 5.97 Å². The molecular weight excluding hydrogens is 256 g/mol. The highest BCUT2D eigenvalue weighted by molar-refractivity contribution is 5.83. The SMILES string of the molecule is COC(=O)C(c1ccccc1)c1cc(OC)ccc1O. The molecule has 0 aliphatic heterocycles. The van der Waals surface area contributed by atoms with Gasteiger partial charge in [-0.25, -0.2) is 0 Å². The van der Waals surface area contributed by atoms with Crippen LogP contribution in [-0.4, -0.2) is 25.3 Å². The number of esters is 1. The molecule has 0 bridgehead atoms. The van der Waals surface area contributed by atoms with Crippen molar-refractivity contribution in [1.29, 1.82) is 0 Å². The van der Waals surface area contributed by atoms with E-state index in [0.717, 1.165) is 5.56 Å². The summed E-state index contributed by atoms with van der Waals surface area (Å²) < 4.78 is 10.0. The summed E-state index contributed by atoms with van der Waals surface area (Å²) in [4.78, 5) is 12.1. The minimum Gasteiger partial charge on any atom is -0.508 e. The van der Waals surface area contributed by atoms with Gasteiger partial charge in [0.1, 0.15) is 17.4 Å². The van der Waals surface area contributed by atoms with Gasteiger partial charge >= 0.3 is 5.97 Å². The molecule has 104 valence electrons. The molecule has 0 saturated carbocycles. The van der Waals surface area contributed by atoms with Crippen LogP contribution in [0.2, 0.25) is 0 Å². The molecule has 2 aromatic carbocycles. The fraction of sp³-hybridized carbons (Fsp3) is 0.188. The highest BCUT2D eigenvalue weighted by Crippen LogP contribution is 2.34. The molecule has 4 heteroatoms. The van der Waals surface area contributed by atoms with Gasteiger partial charge in [-0.15, -0.1) is 0 Å². The molecule has 20 heavy (non-hydrogen) atoms. The van der Waals surface area contributed by atoms with Crippen LogP contribution in [0.3, 0.4) is 0 Å². The Bertz CT molecular complexity index is 593. The predicted octanol–water partition coefficient (Wildman–Crippen LogP) is 2.71. The van der Waals surface area contributed by atoms with Crippen LogP contribution in [0.1, 0.15) is 17.0 Å². The number of ether oxygens (including phenoxy) is 2. The third-order valence-corrected chi connectivity index (χ3v) is 3.12. The van der Waals surface area contributed by atoms with Crippen molar-refractivity contribution < 1.29 is 19.4 Å². The lowest BCUT2D eigenvalue weighted by Gasteiger charge is -2.17. The minimum atomic E-state index is -0.684. The summed E-state index contributed by atoms with van der Waals surface area (Å²) in [6.07, 6.45) is 0. The first-order valence-corrected chi connectivity index (χ1v) is 6.17. The number of hydrogen-bond acceptors (Lipinski definition) is 4. The molecule has 2 rings (SSSR count). The molecular formula is C16H16O4. The van der Waals surface area contributed by atoms with Gasteiger partial charge in [-0.2, -0.15) is 0 Å². The van der Waals surface area contributed by atoms with E-state index in [1.165, 1.54) is 20.3 Å². The zero-order valence-corrected chi connectivity index (χ0v) is 11.4. The molecule has 2 aromatic rings. The average Bonchev–Trinajstić information content (AvgIpc) is 2.50. The molecule has 4 nitrogen and oxygen atoms in total. The molecule has 0 heterocycles. The number of rotatable bonds is 4. The largest absolute Gasteiger partial charge is 0.508 e. The lowest BCUT2D eigenvalue weighted by Crippen LogP contribution is -2.16. The summed E-state index contributed by atoms with van der Waals surface area (Å²) in [5.74, 6) is -0.510. The van der Waals surface area contributed by atoms with Gasteiger partial charge in [0.15, 0.2) is 0 Å². The average molecular weight is 272 g/mol. The summed E-state index contributed by atoms with van der Waals surface area (Å²) in [5.41, 5.74) is 1.21. The van der Waals surface area contributed by atoms with E-state index in [4.69, 9.17) is 9.47 Å². The topological polar surface area (TPSA) is 55.8 Å². The van der Waals surface area contributed by atoms with Crippen LogP contribution in [0.4, 0.5) is 0 Å². The quantitative estimate of drug-likeness (QED) is 0.869. The van der Waals surface area contributed by atoms with Gasteiger partial charge in [-0.1, -0.05) is 30.3 Å². The van der Waals surface area contributed by atoms with E-state index in [-0.39, 0.29) is 5.75 Å². The van der Waals surface area contributed by atoms with Crippen LogP contribution in [0.5, 0.6) is 11.5 Å². The smallest absolute Gasteiger partial charge is 0.317 e. The van der Waals surface area contributed by atoms with Gasteiger partial charge in [0, 0.05) is 5.56 Å². The summed E-state index contributed by atoms with van der Waals surface area (Å²) in [6, 6.07) is 14.0. The predicted molar refractivity (Wildman–Crippen MR) is 75.0 cm³/mol. The zero-order chi connectivity index (χ0) is 14.5. The summed E-state index contributed by atoms with van der Waals surface area (Å²) in [6.45, 7) is 0. The van der Waals surface area contributed by atoms with Crippen LogP contribution in [-0.2, 0) is 9.53 Å². The first-order chi connectivity index (χ1) is 9.67. The van der Waals surface area contributed by atoms with E-state index in [1.807, 2.05) is 30.3 Å². The second kappa shape index (κ2) is 6.10. The van der Waals surface area contributed by atoms with Crippen LogP contribution < -0.4 is 4.74 Å². The molecule has 0 aliphatic rings. The number of carbonyl (C=O) groups excluding carboxylic acids is 1. The third kappa shape index (κ3) is 2.74. The third-order valence-electron chi connectivity index (χ3n) is 3.12. The maximum absolute atomic E-state index is 12.1. The Morgan fingerprint density at radius 3 is 2.40 bits per heavy atom. The van der Waals surface area contributed by atoms with Gasteiger partial charge < -0.3 is 14.6 Å². The van der Waals surface area contributed by atoms with Gasteiger partial charge in [0.25, 0.3) is 0 Å². The van der Waals surface area contributed by atoms with E-state index in [0.29, 0.717) is 11.3 Å². The lowest BCUT2D eigenvalue weighted by molar-refractivity contribution is -0.141.